The first kappa shape index (κ1) is 19.8. The third-order valence-electron chi connectivity index (χ3n) is 6.17. The molecule has 1 fully saturated rings. The summed E-state index contributed by atoms with van der Waals surface area (Å²) < 4.78 is 18.5. The van der Waals surface area contributed by atoms with Crippen molar-refractivity contribution in [1.82, 2.24) is 9.88 Å². The van der Waals surface area contributed by atoms with E-state index in [2.05, 4.69) is 48.3 Å². The van der Waals surface area contributed by atoms with Gasteiger partial charge >= 0.3 is 0 Å². The third kappa shape index (κ3) is 3.50. The molecule has 2 atom stereocenters. The van der Waals surface area contributed by atoms with Crippen LogP contribution in [0.15, 0.2) is 83.5 Å². The second-order valence-electron chi connectivity index (χ2n) is 8.09. The lowest BCUT2D eigenvalue weighted by Gasteiger charge is -2.44. The van der Waals surface area contributed by atoms with Crippen molar-refractivity contribution in [3.63, 3.8) is 0 Å². The normalized spacial score (nSPS) is 20.6. The van der Waals surface area contributed by atoms with E-state index >= 15 is 0 Å². The Balaban J connectivity index is 1.78. The Morgan fingerprint density at radius 1 is 1.03 bits per heavy atom. The van der Waals surface area contributed by atoms with Crippen LogP contribution in [-0.2, 0) is 10.3 Å². The van der Waals surface area contributed by atoms with E-state index < -0.39 is 5.60 Å². The average molecular weight is 415 g/mol. The first-order chi connectivity index (χ1) is 15.2. The summed E-state index contributed by atoms with van der Waals surface area (Å²) in [5, 5.41) is 1.07. The Bertz CT molecular complexity index is 1150. The van der Waals surface area contributed by atoms with Crippen molar-refractivity contribution in [3.05, 3.63) is 95.9 Å². The van der Waals surface area contributed by atoms with Gasteiger partial charge in [0.25, 0.3) is 0 Å². The highest BCUT2D eigenvalue weighted by atomic mass is 16.5. The Morgan fingerprint density at radius 3 is 2.55 bits per heavy atom. The summed E-state index contributed by atoms with van der Waals surface area (Å²) in [6.07, 6.45) is 2.50. The minimum absolute atomic E-state index is 0.152. The maximum Gasteiger partial charge on any atom is 0.217 e. The molecule has 5 rings (SSSR count). The van der Waals surface area contributed by atoms with Crippen LogP contribution in [0.25, 0.3) is 10.9 Å². The van der Waals surface area contributed by atoms with Gasteiger partial charge in [0.2, 0.25) is 5.88 Å². The van der Waals surface area contributed by atoms with Crippen molar-refractivity contribution in [2.45, 2.75) is 17.9 Å². The minimum atomic E-state index is -0.672. The minimum Gasteiger partial charge on any atom is -0.481 e. The largest absolute Gasteiger partial charge is 0.481 e. The smallest absolute Gasteiger partial charge is 0.217 e. The van der Waals surface area contributed by atoms with Crippen LogP contribution in [-0.4, -0.2) is 37.3 Å². The van der Waals surface area contributed by atoms with E-state index in [0.29, 0.717) is 12.6 Å². The van der Waals surface area contributed by atoms with Gasteiger partial charge in [-0.05, 0) is 43.3 Å². The van der Waals surface area contributed by atoms with Crippen molar-refractivity contribution in [2.75, 3.05) is 27.4 Å². The Morgan fingerprint density at radius 2 is 1.84 bits per heavy atom. The summed E-state index contributed by atoms with van der Waals surface area (Å²) in [6.45, 7) is 1.42. The molecule has 0 aliphatic carbocycles. The van der Waals surface area contributed by atoms with E-state index in [9.17, 15) is 0 Å². The molecular weight excluding hydrogens is 388 g/mol. The first-order valence-corrected chi connectivity index (χ1v) is 10.6. The van der Waals surface area contributed by atoms with Gasteiger partial charge in [-0.3, -0.25) is 4.90 Å². The monoisotopic (exact) mass is 414 g/mol. The average Bonchev–Trinajstić information content (AvgIpc) is 3.36. The number of fused-ring (bicyclic) bond motifs is 1. The standard InChI is InChI=1S/C26H26N2O3/c1-28-15-14-26(31-18-28,23-13-8-16-30-23)24(19-9-4-3-5-10-19)21-17-20-11-6-7-12-22(20)27-25(21)29-2/h3-13,16-17,24H,14-15,18H2,1-2H3/t24-,26-/m1/s1. The molecule has 2 aromatic heterocycles. The first-order valence-electron chi connectivity index (χ1n) is 10.6. The van der Waals surface area contributed by atoms with Gasteiger partial charge in [-0.25, -0.2) is 4.98 Å². The molecule has 1 saturated heterocycles. The molecule has 0 spiro atoms. The van der Waals surface area contributed by atoms with Crippen molar-refractivity contribution in [2.24, 2.45) is 0 Å². The van der Waals surface area contributed by atoms with Crippen LogP contribution < -0.4 is 4.74 Å². The van der Waals surface area contributed by atoms with Gasteiger partial charge in [0.1, 0.15) is 18.1 Å². The molecule has 0 bridgehead atoms. The second-order valence-corrected chi connectivity index (χ2v) is 8.09. The second kappa shape index (κ2) is 8.17. The van der Waals surface area contributed by atoms with Crippen LogP contribution in [0.5, 0.6) is 5.88 Å². The highest BCUT2D eigenvalue weighted by Crippen LogP contribution is 2.50. The van der Waals surface area contributed by atoms with Gasteiger partial charge in [0.15, 0.2) is 0 Å². The summed E-state index contributed by atoms with van der Waals surface area (Å²) in [6, 6.07) is 24.7. The number of aromatic nitrogens is 1. The van der Waals surface area contributed by atoms with Crippen LogP contribution in [0.4, 0.5) is 0 Å². The van der Waals surface area contributed by atoms with Gasteiger partial charge in [-0.2, -0.15) is 0 Å². The molecule has 0 saturated carbocycles. The molecule has 1 aliphatic rings. The number of methoxy groups -OCH3 is 1. The van der Waals surface area contributed by atoms with Crippen molar-refractivity contribution in [1.29, 1.82) is 0 Å². The van der Waals surface area contributed by atoms with Crippen LogP contribution in [0.2, 0.25) is 0 Å². The zero-order chi connectivity index (χ0) is 21.3. The van der Waals surface area contributed by atoms with Crippen molar-refractivity contribution >= 4 is 10.9 Å². The molecule has 1 aliphatic heterocycles. The lowest BCUT2D eigenvalue weighted by atomic mass is 9.73. The molecule has 0 amide bonds. The Labute approximate surface area is 182 Å². The van der Waals surface area contributed by atoms with E-state index in [1.54, 1.807) is 13.4 Å². The quantitative estimate of drug-likeness (QED) is 0.451. The number of nitrogens with zero attached hydrogens (tertiary/aromatic N) is 2. The zero-order valence-corrected chi connectivity index (χ0v) is 17.8. The predicted molar refractivity (Wildman–Crippen MR) is 120 cm³/mol. The molecule has 2 aromatic carbocycles. The van der Waals surface area contributed by atoms with Gasteiger partial charge in [-0.15, -0.1) is 0 Å². The summed E-state index contributed by atoms with van der Waals surface area (Å²) in [4.78, 5) is 7.02. The SMILES string of the molecule is COc1nc2ccccc2cc1[C@@H](c1ccccc1)[C@]1(c2ccco2)CCN(C)CO1. The van der Waals surface area contributed by atoms with Gasteiger partial charge < -0.3 is 13.9 Å². The molecule has 4 aromatic rings. The number of rotatable bonds is 5. The zero-order valence-electron chi connectivity index (χ0n) is 17.8. The van der Waals surface area contributed by atoms with Gasteiger partial charge in [-0.1, -0.05) is 48.5 Å². The Kier molecular flexibility index (Phi) is 5.22. The van der Waals surface area contributed by atoms with E-state index in [-0.39, 0.29) is 5.92 Å². The molecule has 0 N–H and O–H groups in total. The van der Waals surface area contributed by atoms with Crippen LogP contribution in [0, 0.1) is 0 Å². The number of hydrogen-bond donors (Lipinski definition) is 0. The maximum absolute atomic E-state index is 6.65. The predicted octanol–water partition coefficient (Wildman–Crippen LogP) is 5.17. The lowest BCUT2D eigenvalue weighted by Crippen LogP contribution is -2.47. The van der Waals surface area contributed by atoms with Crippen LogP contribution >= 0.6 is 0 Å². The fraction of sp³-hybridized carbons (Fsp3) is 0.269. The Hall–Kier alpha value is -3.15. The van der Waals surface area contributed by atoms with Gasteiger partial charge in [0, 0.05) is 17.5 Å². The van der Waals surface area contributed by atoms with Gasteiger partial charge in [0.05, 0.1) is 24.8 Å². The fourth-order valence-corrected chi connectivity index (χ4v) is 4.63. The molecule has 31 heavy (non-hydrogen) atoms. The molecule has 0 unspecified atom stereocenters. The molecule has 0 radical (unpaired) electrons. The van der Waals surface area contributed by atoms with E-state index in [4.69, 9.17) is 18.9 Å². The molecular formula is C26H26N2O3. The van der Waals surface area contributed by atoms with Crippen molar-refractivity contribution < 1.29 is 13.9 Å². The molecule has 158 valence electrons. The number of hydrogen-bond acceptors (Lipinski definition) is 5. The number of benzene rings is 2. The summed E-state index contributed by atoms with van der Waals surface area (Å²) in [5.74, 6) is 1.28. The fourth-order valence-electron chi connectivity index (χ4n) is 4.63. The lowest BCUT2D eigenvalue weighted by molar-refractivity contribution is -0.155. The van der Waals surface area contributed by atoms with Crippen molar-refractivity contribution in [3.8, 4) is 5.88 Å². The number of furan rings is 1. The molecule has 3 heterocycles. The number of pyridine rings is 1. The van der Waals surface area contributed by atoms with E-state index in [1.807, 2.05) is 36.4 Å². The van der Waals surface area contributed by atoms with E-state index in [0.717, 1.165) is 40.8 Å². The van der Waals surface area contributed by atoms with E-state index in [1.165, 1.54) is 0 Å². The summed E-state index contributed by atoms with van der Waals surface area (Å²) in [5.41, 5.74) is 2.37. The van der Waals surface area contributed by atoms with Crippen LogP contribution in [0.1, 0.15) is 29.2 Å². The molecule has 5 nitrogen and oxygen atoms in total. The topological polar surface area (TPSA) is 47.7 Å². The third-order valence-corrected chi connectivity index (χ3v) is 6.17. The maximum atomic E-state index is 6.65. The summed E-state index contributed by atoms with van der Waals surface area (Å²) >= 11 is 0. The highest BCUT2D eigenvalue weighted by molar-refractivity contribution is 5.80. The number of ether oxygens (including phenoxy) is 2. The summed E-state index contributed by atoms with van der Waals surface area (Å²) in [7, 11) is 3.75. The number of para-hydroxylation sites is 1. The highest BCUT2D eigenvalue weighted by Gasteiger charge is 2.49. The van der Waals surface area contributed by atoms with Crippen LogP contribution in [0.3, 0.4) is 0 Å². The molecule has 5 heteroatoms.